The topological polar surface area (TPSA) is 0 Å². The van der Waals surface area contributed by atoms with Crippen molar-refractivity contribution in [3.8, 4) is 55.6 Å². The van der Waals surface area contributed by atoms with Crippen molar-refractivity contribution in [1.82, 2.24) is 0 Å². The molecule has 0 nitrogen and oxygen atoms in total. The van der Waals surface area contributed by atoms with Gasteiger partial charge in [-0.05, 0) is 145 Å². The van der Waals surface area contributed by atoms with Gasteiger partial charge in [0.15, 0.2) is 0 Å². The van der Waals surface area contributed by atoms with Crippen LogP contribution in [0.5, 0.6) is 0 Å². The highest BCUT2D eigenvalue weighted by atomic mass is 14.4. The Hall–Kier alpha value is -7.28. The van der Waals surface area contributed by atoms with Crippen LogP contribution in [0.1, 0.15) is 25.0 Å². The smallest absolute Gasteiger partial charge is 0.0159 e. The lowest BCUT2D eigenvalue weighted by Crippen LogP contribution is -2.14. The number of hydrogen-bond donors (Lipinski definition) is 0. The first-order chi connectivity index (χ1) is 29.0. The maximum atomic E-state index is 2.44. The number of fused-ring (bicyclic) bond motifs is 9. The minimum Gasteiger partial charge on any atom is -0.0616 e. The predicted molar refractivity (Wildman–Crippen MR) is 253 cm³/mol. The average Bonchev–Trinajstić information content (AvgIpc) is 3.53. The van der Waals surface area contributed by atoms with E-state index in [9.17, 15) is 0 Å². The van der Waals surface area contributed by atoms with E-state index < -0.39 is 0 Å². The largest absolute Gasteiger partial charge is 0.0616 e. The lowest BCUT2D eigenvalue weighted by Gasteiger charge is -2.21. The van der Waals surface area contributed by atoms with Crippen LogP contribution in [-0.4, -0.2) is 0 Å². The summed E-state index contributed by atoms with van der Waals surface area (Å²) in [6.07, 6.45) is 0. The molecule has 276 valence electrons. The summed E-state index contributed by atoms with van der Waals surface area (Å²) < 4.78 is 0. The quantitative estimate of drug-likeness (QED) is 0.157. The van der Waals surface area contributed by atoms with Crippen LogP contribution in [0.4, 0.5) is 0 Å². The summed E-state index contributed by atoms with van der Waals surface area (Å²) in [6, 6.07) is 77.1. The molecule has 12 rings (SSSR count). The van der Waals surface area contributed by atoms with Crippen molar-refractivity contribution in [2.24, 2.45) is 0 Å². The Labute approximate surface area is 344 Å². The third-order valence-electron chi connectivity index (χ3n) is 13.2. The molecule has 0 bridgehead atoms. The first-order valence-corrected chi connectivity index (χ1v) is 20.7. The van der Waals surface area contributed by atoms with Crippen molar-refractivity contribution < 1.29 is 0 Å². The minimum absolute atomic E-state index is 0.0433. The van der Waals surface area contributed by atoms with Crippen LogP contribution in [0.25, 0.3) is 109 Å². The Morgan fingerprint density at radius 2 is 0.678 bits per heavy atom. The van der Waals surface area contributed by atoms with Gasteiger partial charge in [-0.2, -0.15) is 0 Å². The van der Waals surface area contributed by atoms with E-state index in [2.05, 4.69) is 220 Å². The molecule has 0 spiro atoms. The van der Waals surface area contributed by atoms with E-state index in [4.69, 9.17) is 0 Å². The maximum Gasteiger partial charge on any atom is 0.0159 e. The molecule has 11 aromatic rings. The molecule has 0 unspecified atom stereocenters. The van der Waals surface area contributed by atoms with Crippen LogP contribution in [0.3, 0.4) is 0 Å². The minimum atomic E-state index is -0.0433. The average molecular weight is 749 g/mol. The Morgan fingerprint density at radius 1 is 0.254 bits per heavy atom. The van der Waals surface area contributed by atoms with Gasteiger partial charge < -0.3 is 0 Å². The monoisotopic (exact) mass is 748 g/mol. The summed E-state index contributed by atoms with van der Waals surface area (Å²) in [6.45, 7) is 4.73. The summed E-state index contributed by atoms with van der Waals surface area (Å²) in [7, 11) is 0. The molecule has 0 fully saturated rings. The highest BCUT2D eigenvalue weighted by molar-refractivity contribution is 6.22. The Kier molecular flexibility index (Phi) is 7.38. The van der Waals surface area contributed by atoms with E-state index in [1.165, 1.54) is 121 Å². The van der Waals surface area contributed by atoms with Crippen molar-refractivity contribution in [1.29, 1.82) is 0 Å². The molecule has 59 heavy (non-hydrogen) atoms. The van der Waals surface area contributed by atoms with E-state index >= 15 is 0 Å². The van der Waals surface area contributed by atoms with Crippen molar-refractivity contribution in [2.45, 2.75) is 19.3 Å². The van der Waals surface area contributed by atoms with Crippen LogP contribution in [-0.2, 0) is 5.41 Å². The van der Waals surface area contributed by atoms with E-state index in [0.717, 1.165) is 0 Å². The first-order valence-electron chi connectivity index (χ1n) is 20.7. The molecule has 1 aliphatic rings. The van der Waals surface area contributed by atoms with Crippen LogP contribution in [0.2, 0.25) is 0 Å². The molecule has 0 heteroatoms. The van der Waals surface area contributed by atoms with Crippen molar-refractivity contribution in [2.75, 3.05) is 0 Å². The molecular formula is C59H40. The maximum absolute atomic E-state index is 2.44. The summed E-state index contributed by atoms with van der Waals surface area (Å²) in [4.78, 5) is 0. The van der Waals surface area contributed by atoms with Gasteiger partial charge in [0.1, 0.15) is 0 Å². The lowest BCUT2D eigenvalue weighted by atomic mass is 9.82. The van der Waals surface area contributed by atoms with Gasteiger partial charge in [0.25, 0.3) is 0 Å². The number of rotatable bonds is 4. The van der Waals surface area contributed by atoms with Crippen molar-refractivity contribution >= 4 is 53.9 Å². The molecule has 0 aliphatic heterocycles. The standard InChI is InChI=1S/C59H40/c1-59(2)54-31-29-45(36-53(54)58-48-16-8-7-13-41(48)28-32-55(58)59)40-21-19-39(20-22-40)44-27-30-51-52(35-44)57(47-26-24-38-12-4-6-15-43(38)34-47)50-18-10-9-17-49(50)56(51)46-25-23-37-11-3-5-14-42(37)33-46/h3-36H,1-2H3. The zero-order chi connectivity index (χ0) is 39.2. The van der Waals surface area contributed by atoms with E-state index in [1.54, 1.807) is 0 Å². The van der Waals surface area contributed by atoms with Gasteiger partial charge >= 0.3 is 0 Å². The molecule has 0 heterocycles. The van der Waals surface area contributed by atoms with Gasteiger partial charge in [0, 0.05) is 5.41 Å². The van der Waals surface area contributed by atoms with Crippen LogP contribution in [0, 0.1) is 0 Å². The summed E-state index contributed by atoms with van der Waals surface area (Å²) in [5.74, 6) is 0. The highest BCUT2D eigenvalue weighted by Crippen LogP contribution is 2.52. The molecule has 11 aromatic carbocycles. The second kappa shape index (κ2) is 12.9. The third-order valence-corrected chi connectivity index (χ3v) is 13.2. The Balaban J connectivity index is 1.03. The van der Waals surface area contributed by atoms with Gasteiger partial charge in [-0.15, -0.1) is 0 Å². The van der Waals surface area contributed by atoms with Gasteiger partial charge in [-0.3, -0.25) is 0 Å². The molecule has 0 saturated carbocycles. The summed E-state index contributed by atoms with van der Waals surface area (Å²) in [5, 5.41) is 12.7. The fourth-order valence-corrected chi connectivity index (χ4v) is 10.2. The zero-order valence-corrected chi connectivity index (χ0v) is 33.1. The third kappa shape index (κ3) is 5.23. The van der Waals surface area contributed by atoms with E-state index in [1.807, 2.05) is 0 Å². The van der Waals surface area contributed by atoms with E-state index in [-0.39, 0.29) is 5.41 Å². The molecule has 0 atom stereocenters. The molecule has 0 radical (unpaired) electrons. The first kappa shape index (κ1) is 33.8. The second-order valence-corrected chi connectivity index (χ2v) is 16.9. The predicted octanol–water partition coefficient (Wildman–Crippen LogP) is 16.4. The van der Waals surface area contributed by atoms with Crippen LogP contribution < -0.4 is 0 Å². The SMILES string of the molecule is CC1(C)c2ccc(-c3ccc(-c4ccc5c(-c6ccc7ccccc7c6)c6ccccc6c(-c6ccc7ccccc7c6)c5c4)cc3)cc2-c2c1ccc1ccccc21. The van der Waals surface area contributed by atoms with Crippen molar-refractivity contribution in [3.05, 3.63) is 217 Å². The number of hydrogen-bond acceptors (Lipinski definition) is 0. The van der Waals surface area contributed by atoms with Crippen LogP contribution in [0.15, 0.2) is 206 Å². The second-order valence-electron chi connectivity index (χ2n) is 16.9. The number of benzene rings is 11. The van der Waals surface area contributed by atoms with E-state index in [0.29, 0.717) is 0 Å². The van der Waals surface area contributed by atoms with Crippen molar-refractivity contribution in [3.63, 3.8) is 0 Å². The summed E-state index contributed by atoms with van der Waals surface area (Å²) in [5.41, 5.74) is 15.4. The van der Waals surface area contributed by atoms with Gasteiger partial charge in [-0.1, -0.05) is 196 Å². The summed E-state index contributed by atoms with van der Waals surface area (Å²) >= 11 is 0. The fourth-order valence-electron chi connectivity index (χ4n) is 10.2. The molecular weight excluding hydrogens is 709 g/mol. The normalized spacial score (nSPS) is 13.1. The molecule has 0 saturated heterocycles. The Morgan fingerprint density at radius 3 is 1.31 bits per heavy atom. The molecule has 0 aromatic heterocycles. The lowest BCUT2D eigenvalue weighted by molar-refractivity contribution is 0.661. The molecule has 1 aliphatic carbocycles. The zero-order valence-electron chi connectivity index (χ0n) is 33.1. The molecule has 0 amide bonds. The molecule has 0 N–H and O–H groups in total. The van der Waals surface area contributed by atoms with Gasteiger partial charge in [0.2, 0.25) is 0 Å². The van der Waals surface area contributed by atoms with Gasteiger partial charge in [0.05, 0.1) is 0 Å². The Bertz CT molecular complexity index is 3510. The van der Waals surface area contributed by atoms with Crippen LogP contribution >= 0.6 is 0 Å². The highest BCUT2D eigenvalue weighted by Gasteiger charge is 2.36. The van der Waals surface area contributed by atoms with Gasteiger partial charge in [-0.25, -0.2) is 0 Å². The fraction of sp³-hybridized carbons (Fsp3) is 0.0508.